The molecule has 0 aliphatic carbocycles. The monoisotopic (exact) mass is 459 g/mol. The average Bonchev–Trinajstić information content (AvgIpc) is 3.12. The number of nitrogens with zero attached hydrogens (tertiary/aromatic N) is 2. The third kappa shape index (κ3) is 5.20. The molecule has 2 aromatic carbocycles. The number of ketones is 1. The molecule has 162 valence electrons. The van der Waals surface area contributed by atoms with E-state index in [1.54, 1.807) is 23.1 Å². The number of aromatic amines is 1. The first-order chi connectivity index (χ1) is 14.9. The fraction of sp³-hybridized carbons (Fsp3) is 0.318. The van der Waals surface area contributed by atoms with Crippen LogP contribution in [0.4, 0.5) is 4.79 Å². The van der Waals surface area contributed by atoms with Gasteiger partial charge in [0.15, 0.2) is 11.4 Å². The van der Waals surface area contributed by atoms with Crippen LogP contribution in [-0.4, -0.2) is 58.0 Å². The third-order valence-electron chi connectivity index (χ3n) is 5.60. The molecule has 1 aliphatic rings. The van der Waals surface area contributed by atoms with Crippen molar-refractivity contribution in [2.24, 2.45) is 0 Å². The van der Waals surface area contributed by atoms with Gasteiger partial charge in [0.2, 0.25) is 0 Å². The van der Waals surface area contributed by atoms with Gasteiger partial charge < -0.3 is 9.32 Å². The number of benzene rings is 2. The minimum absolute atomic E-state index is 0.0206. The number of rotatable bonds is 6. The summed E-state index contributed by atoms with van der Waals surface area (Å²) in [5, 5.41) is 0.433. The van der Waals surface area contributed by atoms with Crippen LogP contribution < -0.4 is 5.76 Å². The zero-order valence-electron chi connectivity index (χ0n) is 16.7. The molecule has 2 heterocycles. The highest BCUT2D eigenvalue weighted by Gasteiger charge is 2.29. The molecule has 1 aromatic heterocycles. The molecule has 1 saturated heterocycles. The van der Waals surface area contributed by atoms with Crippen LogP contribution in [0.5, 0.6) is 0 Å². The summed E-state index contributed by atoms with van der Waals surface area (Å²) in [5.41, 5.74) is 2.55. The van der Waals surface area contributed by atoms with E-state index in [0.29, 0.717) is 60.7 Å². The second-order valence-corrected chi connectivity index (χ2v) is 8.48. The number of Topliss-reactive ketones (excluding diaryl/α,β-unsaturated/α-hetero) is 1. The van der Waals surface area contributed by atoms with E-state index in [0.717, 1.165) is 5.56 Å². The van der Waals surface area contributed by atoms with Gasteiger partial charge in [0, 0.05) is 49.2 Å². The van der Waals surface area contributed by atoms with E-state index < -0.39 is 5.76 Å². The molecule has 0 spiro atoms. The Balaban J connectivity index is 1.39. The van der Waals surface area contributed by atoms with Crippen molar-refractivity contribution >= 4 is 46.4 Å². The number of hydrogen-bond acceptors (Lipinski definition) is 5. The van der Waals surface area contributed by atoms with Gasteiger partial charge in [-0.25, -0.2) is 4.79 Å². The average molecular weight is 460 g/mol. The first-order valence-corrected chi connectivity index (χ1v) is 10.8. The first kappa shape index (κ1) is 21.7. The van der Waals surface area contributed by atoms with Gasteiger partial charge >= 0.3 is 5.76 Å². The highest BCUT2D eigenvalue weighted by atomic mass is 35.5. The number of carbonyl (C=O) groups is 2. The van der Waals surface area contributed by atoms with Gasteiger partial charge in [-0.3, -0.25) is 19.5 Å². The Morgan fingerprint density at radius 1 is 1.16 bits per heavy atom. The smallest absolute Gasteiger partial charge is 0.408 e. The van der Waals surface area contributed by atoms with Crippen LogP contribution >= 0.6 is 24.2 Å². The molecule has 0 saturated carbocycles. The number of H-pyrrole nitrogens is 1. The lowest BCUT2D eigenvalue weighted by molar-refractivity contribution is 0.0879. The van der Waals surface area contributed by atoms with E-state index in [-0.39, 0.29) is 17.1 Å². The summed E-state index contributed by atoms with van der Waals surface area (Å²) in [6.07, 6.45) is 1.03. The van der Waals surface area contributed by atoms with Crippen molar-refractivity contribution in [3.63, 3.8) is 0 Å². The number of oxazole rings is 1. The van der Waals surface area contributed by atoms with Crippen molar-refractivity contribution in [1.82, 2.24) is 14.8 Å². The number of halogens is 1. The predicted octanol–water partition coefficient (Wildman–Crippen LogP) is 3.63. The Labute approximate surface area is 189 Å². The summed E-state index contributed by atoms with van der Waals surface area (Å²) >= 11 is 10.0. The second kappa shape index (κ2) is 9.30. The van der Waals surface area contributed by atoms with Crippen LogP contribution in [-0.2, 0) is 6.42 Å². The van der Waals surface area contributed by atoms with Gasteiger partial charge in [0.25, 0.3) is 5.24 Å². The summed E-state index contributed by atoms with van der Waals surface area (Å²) < 4.78 is 5.04. The molecule has 1 fully saturated rings. The SMILES string of the molecule is O=C(CCN1CCN(C(=O)S)C(Cc2ccc(Cl)cc2)C1)c1ccc2[nH]c(=O)oc2c1. The van der Waals surface area contributed by atoms with Gasteiger partial charge in [0.05, 0.1) is 5.52 Å². The highest BCUT2D eigenvalue weighted by molar-refractivity contribution is 7.96. The van der Waals surface area contributed by atoms with Crippen molar-refractivity contribution in [1.29, 1.82) is 0 Å². The van der Waals surface area contributed by atoms with Gasteiger partial charge in [-0.15, -0.1) is 0 Å². The van der Waals surface area contributed by atoms with Crippen LogP contribution in [0, 0.1) is 0 Å². The molecule has 1 N–H and O–H groups in total. The van der Waals surface area contributed by atoms with Crippen molar-refractivity contribution in [2.75, 3.05) is 26.2 Å². The van der Waals surface area contributed by atoms with Gasteiger partial charge in [-0.05, 0) is 42.3 Å². The summed E-state index contributed by atoms with van der Waals surface area (Å²) in [4.78, 5) is 42.5. The van der Waals surface area contributed by atoms with Gasteiger partial charge in [0.1, 0.15) is 0 Å². The Hall–Kier alpha value is -2.55. The normalized spacial score (nSPS) is 17.2. The maximum absolute atomic E-state index is 12.7. The molecule has 1 unspecified atom stereocenters. The van der Waals surface area contributed by atoms with Crippen LogP contribution in [0.2, 0.25) is 5.02 Å². The zero-order chi connectivity index (χ0) is 22.0. The fourth-order valence-electron chi connectivity index (χ4n) is 3.96. The van der Waals surface area contributed by atoms with Crippen LogP contribution in [0.1, 0.15) is 22.3 Å². The Morgan fingerprint density at radius 3 is 2.68 bits per heavy atom. The van der Waals surface area contributed by atoms with E-state index in [1.807, 2.05) is 24.3 Å². The molecule has 31 heavy (non-hydrogen) atoms. The van der Waals surface area contributed by atoms with Crippen LogP contribution in [0.3, 0.4) is 0 Å². The maximum atomic E-state index is 12.7. The molecule has 7 nitrogen and oxygen atoms in total. The van der Waals surface area contributed by atoms with Gasteiger partial charge in [-0.1, -0.05) is 36.4 Å². The summed E-state index contributed by atoms with van der Waals surface area (Å²) in [5.74, 6) is -0.560. The Kier molecular flexibility index (Phi) is 6.50. The molecule has 0 radical (unpaired) electrons. The van der Waals surface area contributed by atoms with E-state index in [9.17, 15) is 14.4 Å². The lowest BCUT2D eigenvalue weighted by atomic mass is 10.0. The maximum Gasteiger partial charge on any atom is 0.417 e. The Morgan fingerprint density at radius 2 is 1.94 bits per heavy atom. The molecule has 4 rings (SSSR count). The number of piperazine rings is 1. The molecule has 1 aliphatic heterocycles. The van der Waals surface area contributed by atoms with Crippen LogP contribution in [0.25, 0.3) is 11.1 Å². The summed E-state index contributed by atoms with van der Waals surface area (Å²) in [6, 6.07) is 12.5. The summed E-state index contributed by atoms with van der Waals surface area (Å²) in [6.45, 7) is 2.49. The van der Waals surface area contributed by atoms with Crippen molar-refractivity contribution in [2.45, 2.75) is 18.9 Å². The number of thiol groups is 1. The lowest BCUT2D eigenvalue weighted by Crippen LogP contribution is -2.55. The van der Waals surface area contributed by atoms with E-state index in [4.69, 9.17) is 16.0 Å². The largest absolute Gasteiger partial charge is 0.417 e. The topological polar surface area (TPSA) is 86.6 Å². The number of aromatic nitrogens is 1. The molecular weight excluding hydrogens is 438 g/mol. The van der Waals surface area contributed by atoms with Gasteiger partial charge in [-0.2, -0.15) is 0 Å². The number of nitrogens with one attached hydrogen (secondary N) is 1. The zero-order valence-corrected chi connectivity index (χ0v) is 18.4. The lowest BCUT2D eigenvalue weighted by Gasteiger charge is -2.40. The molecule has 9 heteroatoms. The van der Waals surface area contributed by atoms with Crippen molar-refractivity contribution in [3.05, 3.63) is 69.2 Å². The number of fused-ring (bicyclic) bond motifs is 1. The molecule has 1 amide bonds. The van der Waals surface area contributed by atoms with Crippen molar-refractivity contribution in [3.8, 4) is 0 Å². The second-order valence-electron chi connectivity index (χ2n) is 7.66. The molecule has 1 atom stereocenters. The predicted molar refractivity (Wildman–Crippen MR) is 122 cm³/mol. The van der Waals surface area contributed by atoms with E-state index in [1.165, 1.54) is 0 Å². The molecular formula is C22H22ClN3O4S. The first-order valence-electron chi connectivity index (χ1n) is 10.0. The molecule has 3 aromatic rings. The fourth-order valence-corrected chi connectivity index (χ4v) is 4.35. The number of carbonyl (C=O) groups excluding carboxylic acids is 2. The number of hydrogen-bond donors (Lipinski definition) is 2. The highest BCUT2D eigenvalue weighted by Crippen LogP contribution is 2.20. The quantitative estimate of drug-likeness (QED) is 0.434. The van der Waals surface area contributed by atoms with Crippen molar-refractivity contribution < 1.29 is 14.0 Å². The third-order valence-corrected chi connectivity index (χ3v) is 6.10. The van der Waals surface area contributed by atoms with E-state index in [2.05, 4.69) is 22.5 Å². The number of amides is 1. The minimum Gasteiger partial charge on any atom is -0.408 e. The standard InChI is InChI=1S/C22H22ClN3O4S/c23-16-4-1-14(2-5-16)11-17-13-25(9-10-26(17)22(29)31)8-7-19(27)15-3-6-18-20(12-15)30-21(28)24-18/h1-6,12,17H,7-11,13H2,(H,24,28)(H,29,31). The molecule has 0 bridgehead atoms. The summed E-state index contributed by atoms with van der Waals surface area (Å²) in [7, 11) is 0. The van der Waals surface area contributed by atoms with E-state index >= 15 is 0 Å². The minimum atomic E-state index is -0.539. The van der Waals surface area contributed by atoms with Crippen LogP contribution in [0.15, 0.2) is 51.7 Å². The Bertz CT molecular complexity index is 1160.